The zero-order valence-electron chi connectivity index (χ0n) is 19.5. The number of aryl methyl sites for hydroxylation is 1. The van der Waals surface area contributed by atoms with Gasteiger partial charge in [-0.3, -0.25) is 14.4 Å². The van der Waals surface area contributed by atoms with Crippen LogP contribution in [0.3, 0.4) is 0 Å². The molecule has 1 fully saturated rings. The van der Waals surface area contributed by atoms with E-state index in [0.29, 0.717) is 24.7 Å². The number of aromatic nitrogens is 1. The summed E-state index contributed by atoms with van der Waals surface area (Å²) >= 11 is 1.34. The van der Waals surface area contributed by atoms with Gasteiger partial charge in [-0.15, -0.1) is 11.3 Å². The Hall–Kier alpha value is -3.72. The van der Waals surface area contributed by atoms with Gasteiger partial charge in [0.1, 0.15) is 5.75 Å². The summed E-state index contributed by atoms with van der Waals surface area (Å²) in [5.74, 6) is -0.0301. The van der Waals surface area contributed by atoms with Crippen LogP contribution in [0.25, 0.3) is 11.3 Å². The Morgan fingerprint density at radius 3 is 2.74 bits per heavy atom. The Morgan fingerprint density at radius 1 is 1.17 bits per heavy atom. The van der Waals surface area contributed by atoms with Crippen molar-refractivity contribution in [3.8, 4) is 17.0 Å². The molecule has 0 bridgehead atoms. The molecule has 2 N–H and O–H groups in total. The molecular weight excluding hydrogens is 464 g/mol. The number of carbonyl (C=O) groups excluding carboxylic acids is 3. The maximum atomic E-state index is 12.9. The molecule has 2 atom stereocenters. The van der Waals surface area contributed by atoms with Crippen molar-refractivity contribution >= 4 is 39.9 Å². The molecule has 8 nitrogen and oxygen atoms in total. The monoisotopic (exact) mass is 490 g/mol. The van der Waals surface area contributed by atoms with Gasteiger partial charge in [0.15, 0.2) is 5.13 Å². The third-order valence-corrected chi connectivity index (χ3v) is 7.06. The molecule has 5 rings (SSSR count). The van der Waals surface area contributed by atoms with Crippen molar-refractivity contribution in [2.75, 3.05) is 23.4 Å². The second kappa shape index (κ2) is 9.50. The summed E-state index contributed by atoms with van der Waals surface area (Å²) in [5.41, 5.74) is 4.45. The molecular formula is C26H26N4O4S. The highest BCUT2D eigenvalue weighted by Gasteiger charge is 2.35. The van der Waals surface area contributed by atoms with Crippen LogP contribution in [0, 0.1) is 12.8 Å². The summed E-state index contributed by atoms with van der Waals surface area (Å²) in [7, 11) is 0. The summed E-state index contributed by atoms with van der Waals surface area (Å²) < 4.78 is 5.74. The van der Waals surface area contributed by atoms with Gasteiger partial charge in [-0.05, 0) is 37.3 Å². The highest BCUT2D eigenvalue weighted by Crippen LogP contribution is 2.36. The second-order valence-electron chi connectivity index (χ2n) is 8.91. The molecule has 0 spiro atoms. The van der Waals surface area contributed by atoms with Crippen LogP contribution in [0.2, 0.25) is 0 Å². The van der Waals surface area contributed by atoms with Crippen molar-refractivity contribution in [2.45, 2.75) is 32.7 Å². The zero-order valence-corrected chi connectivity index (χ0v) is 20.4. The molecule has 2 unspecified atom stereocenters. The number of hydrogen-bond acceptors (Lipinski definition) is 6. The van der Waals surface area contributed by atoms with Gasteiger partial charge in [0.25, 0.3) is 0 Å². The largest absolute Gasteiger partial charge is 0.493 e. The number of anilines is 2. The second-order valence-corrected chi connectivity index (χ2v) is 9.77. The first-order valence-electron chi connectivity index (χ1n) is 11.5. The van der Waals surface area contributed by atoms with Crippen molar-refractivity contribution in [1.29, 1.82) is 0 Å². The number of thiazole rings is 1. The molecule has 180 valence electrons. The van der Waals surface area contributed by atoms with Crippen LogP contribution in [-0.2, 0) is 14.4 Å². The van der Waals surface area contributed by atoms with Gasteiger partial charge in [-0.25, -0.2) is 4.98 Å². The van der Waals surface area contributed by atoms with Crippen molar-refractivity contribution in [3.63, 3.8) is 0 Å². The molecule has 2 aliphatic rings. The van der Waals surface area contributed by atoms with Crippen LogP contribution in [0.1, 0.15) is 36.9 Å². The van der Waals surface area contributed by atoms with E-state index < -0.39 is 5.92 Å². The van der Waals surface area contributed by atoms with Crippen LogP contribution in [0.5, 0.6) is 5.75 Å². The number of rotatable bonds is 5. The number of nitrogens with zero attached hydrogens (tertiary/aromatic N) is 2. The van der Waals surface area contributed by atoms with E-state index in [1.807, 2.05) is 54.8 Å². The first-order chi connectivity index (χ1) is 16.9. The van der Waals surface area contributed by atoms with Crippen LogP contribution >= 0.6 is 11.3 Å². The van der Waals surface area contributed by atoms with Crippen LogP contribution < -0.4 is 20.3 Å². The minimum atomic E-state index is -0.435. The Kier molecular flexibility index (Phi) is 6.25. The standard InChI is InChI=1S/C26H26N4O4S/c1-15-3-6-19(7-4-15)30-13-18(12-24(30)32)25(33)29-26-28-22(14-35-26)17-5-8-23-20(11-17)21(9-10-34-23)27-16(2)31/h3-8,11,14,18,21H,9-10,12-13H2,1-2H3,(H,27,31)(H,28,29,33). The Balaban J connectivity index is 1.27. The van der Waals surface area contributed by atoms with Crippen molar-refractivity contribution in [1.82, 2.24) is 10.3 Å². The van der Waals surface area contributed by atoms with Crippen LogP contribution in [0.15, 0.2) is 47.8 Å². The number of amides is 3. The SMILES string of the molecule is CC(=O)NC1CCOc2ccc(-c3csc(NC(=O)C4CC(=O)N(c5ccc(C)cc5)C4)n3)cc21. The predicted octanol–water partition coefficient (Wildman–Crippen LogP) is 4.07. The number of fused-ring (bicyclic) bond motifs is 1. The molecule has 2 aliphatic heterocycles. The van der Waals surface area contributed by atoms with Gasteiger partial charge < -0.3 is 20.3 Å². The molecule has 35 heavy (non-hydrogen) atoms. The fourth-order valence-corrected chi connectivity index (χ4v) is 5.20. The van der Waals surface area contributed by atoms with Gasteiger partial charge in [0.2, 0.25) is 17.7 Å². The molecule has 3 amide bonds. The number of ether oxygens (including phenoxy) is 1. The van der Waals surface area contributed by atoms with Crippen molar-refractivity contribution < 1.29 is 19.1 Å². The molecule has 0 saturated carbocycles. The van der Waals surface area contributed by atoms with Crippen molar-refractivity contribution in [2.24, 2.45) is 5.92 Å². The highest BCUT2D eigenvalue weighted by molar-refractivity contribution is 7.14. The average Bonchev–Trinajstić information content (AvgIpc) is 3.46. The van der Waals surface area contributed by atoms with Crippen molar-refractivity contribution in [3.05, 3.63) is 59.0 Å². The normalized spacial score (nSPS) is 19.1. The summed E-state index contributed by atoms with van der Waals surface area (Å²) in [4.78, 5) is 43.3. The first-order valence-corrected chi connectivity index (χ1v) is 12.4. The van der Waals surface area contributed by atoms with Gasteiger partial charge in [0, 0.05) is 48.5 Å². The predicted molar refractivity (Wildman–Crippen MR) is 134 cm³/mol. The molecule has 0 radical (unpaired) electrons. The lowest BCUT2D eigenvalue weighted by atomic mass is 9.97. The summed E-state index contributed by atoms with van der Waals surface area (Å²) in [6, 6.07) is 13.4. The summed E-state index contributed by atoms with van der Waals surface area (Å²) in [6.45, 7) is 4.40. The van der Waals surface area contributed by atoms with E-state index in [0.717, 1.165) is 33.8 Å². The van der Waals surface area contributed by atoms with Gasteiger partial charge in [-0.1, -0.05) is 17.7 Å². The number of nitrogens with one attached hydrogen (secondary N) is 2. The molecule has 2 aromatic carbocycles. The maximum absolute atomic E-state index is 12.9. The fraction of sp³-hybridized carbons (Fsp3) is 0.308. The lowest BCUT2D eigenvalue weighted by Gasteiger charge is -2.26. The quantitative estimate of drug-likeness (QED) is 0.562. The first kappa shape index (κ1) is 23.0. The minimum absolute atomic E-state index is 0.0566. The third-order valence-electron chi connectivity index (χ3n) is 6.30. The maximum Gasteiger partial charge on any atom is 0.231 e. The lowest BCUT2D eigenvalue weighted by molar-refractivity contribution is -0.122. The van der Waals surface area contributed by atoms with Crippen LogP contribution in [0.4, 0.5) is 10.8 Å². The number of benzene rings is 2. The molecule has 1 saturated heterocycles. The number of carbonyl (C=O) groups is 3. The number of hydrogen-bond donors (Lipinski definition) is 2. The fourth-order valence-electron chi connectivity index (χ4n) is 4.48. The molecule has 9 heteroatoms. The molecule has 3 aromatic rings. The van der Waals surface area contributed by atoms with E-state index >= 15 is 0 Å². The Labute approximate surface area is 207 Å². The lowest BCUT2D eigenvalue weighted by Crippen LogP contribution is -2.30. The summed E-state index contributed by atoms with van der Waals surface area (Å²) in [6.07, 6.45) is 0.876. The minimum Gasteiger partial charge on any atom is -0.493 e. The topological polar surface area (TPSA) is 101 Å². The van der Waals surface area contributed by atoms with E-state index in [1.54, 1.807) is 4.90 Å². The smallest absolute Gasteiger partial charge is 0.231 e. The van der Waals surface area contributed by atoms with E-state index in [-0.39, 0.29) is 30.2 Å². The van der Waals surface area contributed by atoms with Gasteiger partial charge in [0.05, 0.1) is 24.3 Å². The van der Waals surface area contributed by atoms with Gasteiger partial charge >= 0.3 is 0 Å². The van der Waals surface area contributed by atoms with E-state index in [4.69, 9.17) is 4.74 Å². The Morgan fingerprint density at radius 2 is 1.97 bits per heavy atom. The molecule has 1 aromatic heterocycles. The highest BCUT2D eigenvalue weighted by atomic mass is 32.1. The Bertz CT molecular complexity index is 1290. The van der Waals surface area contributed by atoms with E-state index in [2.05, 4.69) is 15.6 Å². The van der Waals surface area contributed by atoms with Crippen LogP contribution in [-0.4, -0.2) is 35.9 Å². The van der Waals surface area contributed by atoms with Gasteiger partial charge in [-0.2, -0.15) is 0 Å². The zero-order chi connectivity index (χ0) is 24.5. The molecule has 3 heterocycles. The van der Waals surface area contributed by atoms with E-state index in [9.17, 15) is 14.4 Å². The van der Waals surface area contributed by atoms with E-state index in [1.165, 1.54) is 18.3 Å². The molecule has 0 aliphatic carbocycles. The summed E-state index contributed by atoms with van der Waals surface area (Å²) in [5, 5.41) is 8.22. The average molecular weight is 491 g/mol. The third kappa shape index (κ3) is 4.90.